The van der Waals surface area contributed by atoms with Gasteiger partial charge in [-0.2, -0.15) is 0 Å². The van der Waals surface area contributed by atoms with Crippen molar-refractivity contribution < 1.29 is 4.74 Å². The Hall–Kier alpha value is -0.120. The number of ether oxygens (including phenoxy) is 1. The summed E-state index contributed by atoms with van der Waals surface area (Å²) in [6.45, 7) is 3.73. The van der Waals surface area contributed by atoms with Crippen LogP contribution in [0.1, 0.15) is 57.8 Å². The SMILES string of the molecule is COC1CCCC1N1CCCNC(C2CCCCC2)C1. The zero-order chi connectivity index (χ0) is 13.8. The number of hydrogen-bond acceptors (Lipinski definition) is 3. The quantitative estimate of drug-likeness (QED) is 0.860. The summed E-state index contributed by atoms with van der Waals surface area (Å²) in [4.78, 5) is 2.76. The van der Waals surface area contributed by atoms with Gasteiger partial charge in [0.15, 0.2) is 0 Å². The fourth-order valence-corrected chi connectivity index (χ4v) is 4.73. The summed E-state index contributed by atoms with van der Waals surface area (Å²) in [6, 6.07) is 1.42. The fraction of sp³-hybridized carbons (Fsp3) is 1.00. The van der Waals surface area contributed by atoms with E-state index in [9.17, 15) is 0 Å². The second kappa shape index (κ2) is 7.24. The van der Waals surface area contributed by atoms with Gasteiger partial charge in [-0.05, 0) is 57.5 Å². The van der Waals surface area contributed by atoms with Crippen molar-refractivity contribution in [1.82, 2.24) is 10.2 Å². The highest BCUT2D eigenvalue weighted by Gasteiger charge is 2.35. The van der Waals surface area contributed by atoms with Gasteiger partial charge in [0.2, 0.25) is 0 Å². The molecule has 2 aliphatic carbocycles. The van der Waals surface area contributed by atoms with Crippen molar-refractivity contribution in [2.75, 3.05) is 26.7 Å². The smallest absolute Gasteiger partial charge is 0.0726 e. The van der Waals surface area contributed by atoms with Crippen LogP contribution in [0.2, 0.25) is 0 Å². The molecule has 3 unspecified atom stereocenters. The Labute approximate surface area is 124 Å². The third kappa shape index (κ3) is 3.37. The van der Waals surface area contributed by atoms with E-state index in [2.05, 4.69) is 10.2 Å². The van der Waals surface area contributed by atoms with Crippen LogP contribution >= 0.6 is 0 Å². The average Bonchev–Trinajstić information content (AvgIpc) is 2.85. The molecule has 0 radical (unpaired) electrons. The van der Waals surface area contributed by atoms with E-state index in [1.54, 1.807) is 0 Å². The van der Waals surface area contributed by atoms with Gasteiger partial charge in [-0.3, -0.25) is 4.90 Å². The molecule has 0 aromatic heterocycles. The van der Waals surface area contributed by atoms with E-state index in [-0.39, 0.29) is 0 Å². The summed E-state index contributed by atoms with van der Waals surface area (Å²) < 4.78 is 5.74. The molecule has 0 aromatic rings. The zero-order valence-electron chi connectivity index (χ0n) is 13.2. The van der Waals surface area contributed by atoms with E-state index in [1.807, 2.05) is 7.11 Å². The van der Waals surface area contributed by atoms with Crippen molar-refractivity contribution in [3.05, 3.63) is 0 Å². The second-order valence-corrected chi connectivity index (χ2v) is 7.08. The molecular formula is C17H32N2O. The minimum atomic E-state index is 0.486. The van der Waals surface area contributed by atoms with E-state index in [1.165, 1.54) is 77.4 Å². The Bertz CT molecular complexity index is 291. The van der Waals surface area contributed by atoms with Crippen molar-refractivity contribution in [3.63, 3.8) is 0 Å². The van der Waals surface area contributed by atoms with Crippen LogP contribution in [0.4, 0.5) is 0 Å². The van der Waals surface area contributed by atoms with Crippen LogP contribution in [0, 0.1) is 5.92 Å². The molecule has 3 rings (SSSR count). The highest BCUT2D eigenvalue weighted by Crippen LogP contribution is 2.31. The topological polar surface area (TPSA) is 24.5 Å². The number of methoxy groups -OCH3 is 1. The van der Waals surface area contributed by atoms with Gasteiger partial charge in [-0.25, -0.2) is 0 Å². The summed E-state index contributed by atoms with van der Waals surface area (Å²) in [7, 11) is 1.90. The molecule has 1 heterocycles. The minimum absolute atomic E-state index is 0.486. The van der Waals surface area contributed by atoms with E-state index in [0.29, 0.717) is 12.1 Å². The molecule has 20 heavy (non-hydrogen) atoms. The molecular weight excluding hydrogens is 248 g/mol. The highest BCUT2D eigenvalue weighted by atomic mass is 16.5. The van der Waals surface area contributed by atoms with Crippen molar-refractivity contribution in [1.29, 1.82) is 0 Å². The largest absolute Gasteiger partial charge is 0.380 e. The maximum Gasteiger partial charge on any atom is 0.0726 e. The number of nitrogens with zero attached hydrogens (tertiary/aromatic N) is 1. The molecule has 116 valence electrons. The Morgan fingerprint density at radius 2 is 1.80 bits per heavy atom. The first-order valence-electron chi connectivity index (χ1n) is 8.88. The molecule has 3 fully saturated rings. The first-order valence-corrected chi connectivity index (χ1v) is 8.88. The van der Waals surface area contributed by atoms with E-state index >= 15 is 0 Å². The first-order chi connectivity index (χ1) is 9.88. The lowest BCUT2D eigenvalue weighted by Crippen LogP contribution is -2.48. The third-order valence-electron chi connectivity index (χ3n) is 5.87. The molecule has 3 atom stereocenters. The van der Waals surface area contributed by atoms with Gasteiger partial charge >= 0.3 is 0 Å². The molecule has 1 saturated heterocycles. The standard InChI is InChI=1S/C17H32N2O/c1-20-17-10-5-9-16(17)19-12-6-11-18-15(13-19)14-7-3-2-4-8-14/h14-18H,2-13H2,1H3. The third-order valence-corrected chi connectivity index (χ3v) is 5.87. The van der Waals surface area contributed by atoms with Gasteiger partial charge < -0.3 is 10.1 Å². The molecule has 0 aromatic carbocycles. The molecule has 0 amide bonds. The lowest BCUT2D eigenvalue weighted by molar-refractivity contribution is 0.0289. The predicted octanol–water partition coefficient (Wildman–Crippen LogP) is 2.80. The lowest BCUT2D eigenvalue weighted by atomic mass is 9.83. The fourth-order valence-electron chi connectivity index (χ4n) is 4.73. The average molecular weight is 280 g/mol. The van der Waals surface area contributed by atoms with Crippen molar-refractivity contribution in [2.45, 2.75) is 76.0 Å². The summed E-state index contributed by atoms with van der Waals surface area (Å²) in [5, 5.41) is 3.86. The Morgan fingerprint density at radius 3 is 2.60 bits per heavy atom. The maximum absolute atomic E-state index is 5.74. The van der Waals surface area contributed by atoms with Crippen LogP contribution in [-0.2, 0) is 4.74 Å². The highest BCUT2D eigenvalue weighted by molar-refractivity contribution is 4.91. The van der Waals surface area contributed by atoms with E-state index < -0.39 is 0 Å². The molecule has 0 bridgehead atoms. The summed E-state index contributed by atoms with van der Waals surface area (Å²) in [5.41, 5.74) is 0. The molecule has 2 saturated carbocycles. The van der Waals surface area contributed by atoms with Crippen LogP contribution < -0.4 is 5.32 Å². The van der Waals surface area contributed by atoms with Crippen molar-refractivity contribution >= 4 is 0 Å². The molecule has 3 aliphatic rings. The second-order valence-electron chi connectivity index (χ2n) is 7.08. The minimum Gasteiger partial charge on any atom is -0.380 e. The monoisotopic (exact) mass is 280 g/mol. The number of rotatable bonds is 3. The van der Waals surface area contributed by atoms with Crippen LogP contribution in [0.15, 0.2) is 0 Å². The zero-order valence-corrected chi connectivity index (χ0v) is 13.2. The maximum atomic E-state index is 5.74. The van der Waals surface area contributed by atoms with Gasteiger partial charge in [-0.15, -0.1) is 0 Å². The molecule has 3 nitrogen and oxygen atoms in total. The van der Waals surface area contributed by atoms with Crippen LogP contribution in [0.3, 0.4) is 0 Å². The molecule has 1 aliphatic heterocycles. The first kappa shape index (κ1) is 14.8. The molecule has 0 spiro atoms. The predicted molar refractivity (Wildman–Crippen MR) is 83.0 cm³/mol. The van der Waals surface area contributed by atoms with Gasteiger partial charge in [0.1, 0.15) is 0 Å². The normalized spacial score (nSPS) is 38.0. The van der Waals surface area contributed by atoms with Crippen LogP contribution in [-0.4, -0.2) is 49.8 Å². The molecule has 1 N–H and O–H groups in total. The summed E-state index contributed by atoms with van der Waals surface area (Å²) >= 11 is 0. The van der Waals surface area contributed by atoms with E-state index in [0.717, 1.165) is 12.0 Å². The molecule has 3 heteroatoms. The van der Waals surface area contributed by atoms with Gasteiger partial charge in [-0.1, -0.05) is 19.3 Å². The van der Waals surface area contributed by atoms with Crippen LogP contribution in [0.25, 0.3) is 0 Å². The van der Waals surface area contributed by atoms with Gasteiger partial charge in [0.05, 0.1) is 6.10 Å². The summed E-state index contributed by atoms with van der Waals surface area (Å²) in [5.74, 6) is 0.923. The van der Waals surface area contributed by atoms with Crippen molar-refractivity contribution in [2.24, 2.45) is 5.92 Å². The Balaban J connectivity index is 1.62. The van der Waals surface area contributed by atoms with Gasteiger partial charge in [0.25, 0.3) is 0 Å². The van der Waals surface area contributed by atoms with Crippen LogP contribution in [0.5, 0.6) is 0 Å². The summed E-state index contributed by atoms with van der Waals surface area (Å²) in [6.07, 6.45) is 13.0. The van der Waals surface area contributed by atoms with E-state index in [4.69, 9.17) is 4.74 Å². The number of nitrogens with one attached hydrogen (secondary N) is 1. The van der Waals surface area contributed by atoms with Gasteiger partial charge in [0, 0.05) is 25.7 Å². The Kier molecular flexibility index (Phi) is 5.36. The number of hydrogen-bond donors (Lipinski definition) is 1. The lowest BCUT2D eigenvalue weighted by Gasteiger charge is -2.36. The Morgan fingerprint density at radius 1 is 0.950 bits per heavy atom. The van der Waals surface area contributed by atoms with Crippen molar-refractivity contribution in [3.8, 4) is 0 Å².